The summed E-state index contributed by atoms with van der Waals surface area (Å²) in [6, 6.07) is 7.51. The van der Waals surface area contributed by atoms with Crippen molar-refractivity contribution in [2.24, 2.45) is 4.99 Å². The van der Waals surface area contributed by atoms with Crippen molar-refractivity contribution in [3.05, 3.63) is 24.3 Å². The summed E-state index contributed by atoms with van der Waals surface area (Å²) < 4.78 is 11.3. The van der Waals surface area contributed by atoms with Gasteiger partial charge in [-0.3, -0.25) is 4.99 Å². The number of aliphatic imine (C=N–C) groups is 1. The van der Waals surface area contributed by atoms with E-state index in [4.69, 9.17) is 9.47 Å². The molecule has 2 saturated heterocycles. The van der Waals surface area contributed by atoms with Crippen LogP contribution in [0.4, 0.5) is 5.69 Å². The van der Waals surface area contributed by atoms with Gasteiger partial charge in [0.1, 0.15) is 5.75 Å². The second kappa shape index (κ2) is 8.60. The van der Waals surface area contributed by atoms with E-state index in [0.717, 1.165) is 70.4 Å². The van der Waals surface area contributed by atoms with Gasteiger partial charge in [-0.1, -0.05) is 12.1 Å². The second-order valence-electron chi connectivity index (χ2n) is 6.86. The molecule has 0 aromatic heterocycles. The molecule has 2 aliphatic rings. The number of benzene rings is 1. The Morgan fingerprint density at radius 2 is 1.92 bits per heavy atom. The number of anilines is 1. The summed E-state index contributed by atoms with van der Waals surface area (Å²) in [5.74, 6) is 1.25. The molecule has 2 N–H and O–H groups in total. The van der Waals surface area contributed by atoms with Crippen LogP contribution in [0, 0.1) is 0 Å². The van der Waals surface area contributed by atoms with Crippen LogP contribution in [0.5, 0.6) is 5.75 Å². The summed E-state index contributed by atoms with van der Waals surface area (Å²) in [5, 5.41) is 13.5. The van der Waals surface area contributed by atoms with Gasteiger partial charge < -0.3 is 29.7 Å². The van der Waals surface area contributed by atoms with E-state index < -0.39 is 0 Å². The zero-order chi connectivity index (χ0) is 18.4. The Morgan fingerprint density at radius 1 is 1.23 bits per heavy atom. The number of nitrogens with zero attached hydrogens (tertiary/aromatic N) is 3. The molecule has 0 saturated carbocycles. The summed E-state index contributed by atoms with van der Waals surface area (Å²) in [6.45, 7) is 5.64. The Bertz CT molecular complexity index is 609. The molecule has 2 heterocycles. The van der Waals surface area contributed by atoms with Gasteiger partial charge >= 0.3 is 0 Å². The van der Waals surface area contributed by atoms with Gasteiger partial charge in [0.05, 0.1) is 11.3 Å². The summed E-state index contributed by atoms with van der Waals surface area (Å²) in [4.78, 5) is 8.93. The highest BCUT2D eigenvalue weighted by Crippen LogP contribution is 2.27. The number of phenols is 1. The van der Waals surface area contributed by atoms with E-state index in [1.807, 2.05) is 25.2 Å². The van der Waals surface area contributed by atoms with Crippen LogP contribution < -0.4 is 10.2 Å². The maximum Gasteiger partial charge on any atom is 0.193 e. The molecule has 26 heavy (non-hydrogen) atoms. The number of piperazine rings is 1. The fourth-order valence-corrected chi connectivity index (χ4v) is 3.66. The Labute approximate surface area is 155 Å². The van der Waals surface area contributed by atoms with Gasteiger partial charge in [0.15, 0.2) is 5.96 Å². The van der Waals surface area contributed by atoms with E-state index in [9.17, 15) is 5.11 Å². The lowest BCUT2D eigenvalue weighted by Gasteiger charge is -2.40. The fourth-order valence-electron chi connectivity index (χ4n) is 3.66. The third-order valence-corrected chi connectivity index (χ3v) is 5.42. The number of phenolic OH excluding ortho intramolecular Hbond substituents is 1. The third-order valence-electron chi connectivity index (χ3n) is 5.42. The molecule has 2 fully saturated rings. The number of hydrogen-bond acceptors (Lipinski definition) is 5. The van der Waals surface area contributed by atoms with Gasteiger partial charge in [0.2, 0.25) is 0 Å². The molecule has 0 unspecified atom stereocenters. The Kier molecular flexibility index (Phi) is 6.21. The van der Waals surface area contributed by atoms with Crippen molar-refractivity contribution in [2.75, 3.05) is 65.0 Å². The minimum absolute atomic E-state index is 0.175. The highest BCUT2D eigenvalue weighted by molar-refractivity contribution is 5.80. The highest BCUT2D eigenvalue weighted by atomic mass is 16.5. The molecular weight excluding hydrogens is 332 g/mol. The van der Waals surface area contributed by atoms with Crippen molar-refractivity contribution in [3.8, 4) is 5.75 Å². The van der Waals surface area contributed by atoms with Gasteiger partial charge in [-0.2, -0.15) is 0 Å². The summed E-state index contributed by atoms with van der Waals surface area (Å²) >= 11 is 0. The van der Waals surface area contributed by atoms with Crippen molar-refractivity contribution in [1.82, 2.24) is 10.2 Å². The SMILES string of the molecule is CN=C(NCC1(OC)CCOCC1)N1CCN(c2ccccc2O)CC1. The Balaban J connectivity index is 1.54. The first-order chi connectivity index (χ1) is 12.7. The standard InChI is InChI=1S/C19H30N4O3/c1-20-18(21-15-19(25-2)7-13-26-14-8-19)23-11-9-22(10-12-23)16-5-3-4-6-17(16)24/h3-6,24H,7-15H2,1-2H3,(H,20,21). The Hall–Kier alpha value is -1.99. The minimum Gasteiger partial charge on any atom is -0.506 e. The zero-order valence-electron chi connectivity index (χ0n) is 15.8. The smallest absolute Gasteiger partial charge is 0.193 e. The van der Waals surface area contributed by atoms with Crippen LogP contribution in [0.15, 0.2) is 29.3 Å². The molecule has 0 spiro atoms. The van der Waals surface area contributed by atoms with Crippen molar-refractivity contribution < 1.29 is 14.6 Å². The molecule has 7 nitrogen and oxygen atoms in total. The number of hydrogen-bond donors (Lipinski definition) is 2. The first-order valence-electron chi connectivity index (χ1n) is 9.29. The first-order valence-corrected chi connectivity index (χ1v) is 9.29. The van der Waals surface area contributed by atoms with Crippen LogP contribution in [0.2, 0.25) is 0 Å². The first kappa shape index (κ1) is 18.8. The van der Waals surface area contributed by atoms with Gasteiger partial charge in [-0.05, 0) is 12.1 Å². The van der Waals surface area contributed by atoms with E-state index in [1.165, 1.54) is 0 Å². The molecular formula is C19H30N4O3. The normalized spacial score (nSPS) is 20.9. The topological polar surface area (TPSA) is 69.6 Å². The summed E-state index contributed by atoms with van der Waals surface area (Å²) in [5.41, 5.74) is 0.724. The second-order valence-corrected chi connectivity index (χ2v) is 6.86. The van der Waals surface area contributed by atoms with Crippen molar-refractivity contribution in [1.29, 1.82) is 0 Å². The lowest BCUT2D eigenvalue weighted by Crippen LogP contribution is -2.56. The maximum absolute atomic E-state index is 10.1. The molecule has 1 aromatic carbocycles. The van der Waals surface area contributed by atoms with E-state index in [1.54, 1.807) is 13.2 Å². The number of ether oxygens (including phenoxy) is 2. The van der Waals surface area contributed by atoms with Crippen LogP contribution in [-0.2, 0) is 9.47 Å². The third kappa shape index (κ3) is 4.22. The van der Waals surface area contributed by atoms with Crippen molar-refractivity contribution in [3.63, 3.8) is 0 Å². The average Bonchev–Trinajstić information content (AvgIpc) is 2.70. The molecule has 3 rings (SSSR count). The molecule has 1 aromatic rings. The summed E-state index contributed by atoms with van der Waals surface area (Å²) in [6.07, 6.45) is 1.79. The molecule has 7 heteroatoms. The number of rotatable bonds is 4. The van der Waals surface area contributed by atoms with Crippen molar-refractivity contribution in [2.45, 2.75) is 18.4 Å². The van der Waals surface area contributed by atoms with Crippen LogP contribution in [-0.4, -0.2) is 81.7 Å². The van der Waals surface area contributed by atoms with Gasteiger partial charge in [0.25, 0.3) is 0 Å². The quantitative estimate of drug-likeness (QED) is 0.621. The summed E-state index contributed by atoms with van der Waals surface area (Å²) in [7, 11) is 3.60. The van der Waals surface area contributed by atoms with Crippen LogP contribution in [0.25, 0.3) is 0 Å². The van der Waals surface area contributed by atoms with E-state index in [-0.39, 0.29) is 5.60 Å². The Morgan fingerprint density at radius 3 is 2.54 bits per heavy atom. The maximum atomic E-state index is 10.1. The molecule has 0 atom stereocenters. The minimum atomic E-state index is -0.175. The predicted molar refractivity (Wildman–Crippen MR) is 103 cm³/mol. The molecule has 144 valence electrons. The average molecular weight is 362 g/mol. The van der Waals surface area contributed by atoms with Crippen LogP contribution in [0.3, 0.4) is 0 Å². The lowest BCUT2D eigenvalue weighted by atomic mass is 9.94. The van der Waals surface area contributed by atoms with Gasteiger partial charge in [-0.15, -0.1) is 0 Å². The monoisotopic (exact) mass is 362 g/mol. The van der Waals surface area contributed by atoms with Crippen LogP contribution >= 0.6 is 0 Å². The molecule has 0 aliphatic carbocycles. The molecule has 0 bridgehead atoms. The fraction of sp³-hybridized carbons (Fsp3) is 0.632. The van der Waals surface area contributed by atoms with Gasteiger partial charge in [-0.25, -0.2) is 0 Å². The highest BCUT2D eigenvalue weighted by Gasteiger charge is 2.33. The number of nitrogens with one attached hydrogen (secondary N) is 1. The van der Waals surface area contributed by atoms with Gasteiger partial charge in [0, 0.05) is 72.9 Å². The largest absolute Gasteiger partial charge is 0.506 e. The lowest BCUT2D eigenvalue weighted by molar-refractivity contribution is -0.0857. The number of aromatic hydroxyl groups is 1. The van der Waals surface area contributed by atoms with E-state index in [2.05, 4.69) is 20.1 Å². The number of para-hydroxylation sites is 2. The van der Waals surface area contributed by atoms with E-state index >= 15 is 0 Å². The molecule has 0 amide bonds. The van der Waals surface area contributed by atoms with Crippen LogP contribution in [0.1, 0.15) is 12.8 Å². The molecule has 0 radical (unpaired) electrons. The predicted octanol–water partition coefficient (Wildman–Crippen LogP) is 1.29. The van der Waals surface area contributed by atoms with Crippen molar-refractivity contribution >= 4 is 11.6 Å². The van der Waals surface area contributed by atoms with E-state index in [0.29, 0.717) is 5.75 Å². The zero-order valence-corrected chi connectivity index (χ0v) is 15.8. The number of guanidine groups is 1. The molecule has 2 aliphatic heterocycles. The number of methoxy groups -OCH3 is 1.